The van der Waals surface area contributed by atoms with Crippen molar-refractivity contribution in [2.75, 3.05) is 51.0 Å². The largest absolute Gasteiger partial charge is 0.461 e. The quantitative estimate of drug-likeness (QED) is 0.234. The van der Waals surface area contributed by atoms with Crippen molar-refractivity contribution < 1.29 is 36.2 Å². The van der Waals surface area contributed by atoms with E-state index in [2.05, 4.69) is 21.5 Å². The van der Waals surface area contributed by atoms with Crippen molar-refractivity contribution in [1.29, 1.82) is 0 Å². The van der Waals surface area contributed by atoms with Crippen LogP contribution in [0.25, 0.3) is 0 Å². The van der Waals surface area contributed by atoms with E-state index in [4.69, 9.17) is 36.8 Å². The summed E-state index contributed by atoms with van der Waals surface area (Å²) < 4.78 is 77.3. The van der Waals surface area contributed by atoms with Crippen LogP contribution in [0.3, 0.4) is 0 Å². The molecule has 7 rings (SSSR count). The van der Waals surface area contributed by atoms with E-state index in [0.29, 0.717) is 49.0 Å². The number of carbonyl (C=O) groups is 1. The number of nitrogen functional groups attached to an aromatic ring is 1. The van der Waals surface area contributed by atoms with Crippen molar-refractivity contribution >= 4 is 29.0 Å². The van der Waals surface area contributed by atoms with Crippen molar-refractivity contribution in [1.82, 2.24) is 29.5 Å². The molecule has 1 amide bonds. The summed E-state index contributed by atoms with van der Waals surface area (Å²) in [6, 6.07) is 2.57. The lowest BCUT2D eigenvalue weighted by Crippen LogP contribution is -2.59. The first-order valence-corrected chi connectivity index (χ1v) is 17.0. The van der Waals surface area contributed by atoms with Gasteiger partial charge in [0, 0.05) is 57.0 Å². The van der Waals surface area contributed by atoms with Gasteiger partial charge < -0.3 is 25.0 Å². The number of alkyl halides is 3. The number of fused-ring (bicyclic) bond motifs is 3. The third-order valence-corrected chi connectivity index (χ3v) is 10.4. The highest BCUT2D eigenvalue weighted by Crippen LogP contribution is 2.45. The van der Waals surface area contributed by atoms with Crippen molar-refractivity contribution in [3.8, 4) is 6.01 Å². The Labute approximate surface area is 297 Å². The fraction of sp³-hybridized carbons (Fsp3) is 0.529. The molecule has 276 valence electrons. The topological polar surface area (TPSA) is 115 Å². The number of ether oxygens (including phenoxy) is 2. The molecule has 2 unspecified atom stereocenters. The lowest BCUT2D eigenvalue weighted by Gasteiger charge is -2.47. The van der Waals surface area contributed by atoms with Gasteiger partial charge in [-0.1, -0.05) is 11.6 Å². The molecule has 2 atom stereocenters. The molecule has 0 saturated carbocycles. The van der Waals surface area contributed by atoms with E-state index in [1.807, 2.05) is 11.6 Å². The molecule has 4 aliphatic heterocycles. The Kier molecular flexibility index (Phi) is 10.2. The van der Waals surface area contributed by atoms with Crippen molar-refractivity contribution in [2.24, 2.45) is 0 Å². The molecule has 0 aliphatic carbocycles. The molecule has 0 spiro atoms. The first kappa shape index (κ1) is 36.8. The van der Waals surface area contributed by atoms with E-state index in [-0.39, 0.29) is 41.7 Å². The molecule has 2 aromatic heterocycles. The zero-order valence-corrected chi connectivity index (χ0v) is 29.4. The third kappa shape index (κ3) is 7.35. The summed E-state index contributed by atoms with van der Waals surface area (Å²) in [6.45, 7) is 8.31. The standard InChI is InChI=1S/C32H38ClF3N8O3.C2H2F2/c1-18-24-15-42(8-5-10-44(24)40-27(18)29(45)41(2)3)28-21-16-46-25(20-12-19(37)13-22(33)26(20)32(34,35)36)14-23(21)38-30(39-28)47-17-31-6-4-9-43(31)11-7-31;1-2(3)4/h12-13,25H,4-11,14-17,37H2,1-3H3;1H2. The van der Waals surface area contributed by atoms with Gasteiger partial charge in [-0.2, -0.15) is 37.0 Å². The number of hydrogen-bond acceptors (Lipinski definition) is 9. The van der Waals surface area contributed by atoms with Crippen molar-refractivity contribution in [2.45, 2.75) is 76.5 Å². The molecule has 3 aromatic rings. The summed E-state index contributed by atoms with van der Waals surface area (Å²) in [6.07, 6.45) is -3.55. The average molecular weight is 739 g/mol. The van der Waals surface area contributed by atoms with Crippen LogP contribution in [0.15, 0.2) is 24.8 Å². The Balaban J connectivity index is 0.00000107. The molecule has 0 radical (unpaired) electrons. The van der Waals surface area contributed by atoms with E-state index >= 15 is 0 Å². The Morgan fingerprint density at radius 1 is 1.16 bits per heavy atom. The molecule has 2 fully saturated rings. The fourth-order valence-electron chi connectivity index (χ4n) is 7.45. The van der Waals surface area contributed by atoms with Crippen LogP contribution in [0.1, 0.15) is 75.9 Å². The van der Waals surface area contributed by atoms with Crippen LogP contribution >= 0.6 is 11.6 Å². The smallest absolute Gasteiger partial charge is 0.418 e. The second kappa shape index (κ2) is 14.2. The van der Waals surface area contributed by atoms with Gasteiger partial charge in [0.15, 0.2) is 5.69 Å². The highest BCUT2D eigenvalue weighted by Gasteiger charge is 2.48. The van der Waals surface area contributed by atoms with E-state index in [0.717, 1.165) is 56.1 Å². The number of nitrogens with two attached hydrogens (primary N) is 1. The number of benzene rings is 1. The van der Waals surface area contributed by atoms with Gasteiger partial charge in [0.2, 0.25) is 0 Å². The number of aryl methyl sites for hydroxylation is 1. The monoisotopic (exact) mass is 738 g/mol. The molecular weight excluding hydrogens is 699 g/mol. The maximum absolute atomic E-state index is 14.2. The van der Waals surface area contributed by atoms with E-state index in [9.17, 15) is 26.7 Å². The predicted molar refractivity (Wildman–Crippen MR) is 180 cm³/mol. The van der Waals surface area contributed by atoms with Gasteiger partial charge in [0.1, 0.15) is 12.4 Å². The molecule has 51 heavy (non-hydrogen) atoms. The number of aromatic nitrogens is 4. The van der Waals surface area contributed by atoms with Gasteiger partial charge in [-0.25, -0.2) is 0 Å². The normalized spacial score (nSPS) is 21.4. The zero-order chi connectivity index (χ0) is 36.8. The van der Waals surface area contributed by atoms with Gasteiger partial charge in [-0.05, 0) is 63.4 Å². The van der Waals surface area contributed by atoms with Crippen LogP contribution < -0.4 is 15.4 Å². The fourth-order valence-corrected chi connectivity index (χ4v) is 7.79. The van der Waals surface area contributed by atoms with E-state index < -0.39 is 28.9 Å². The van der Waals surface area contributed by atoms with Gasteiger partial charge in [0.25, 0.3) is 12.0 Å². The van der Waals surface area contributed by atoms with Crippen LogP contribution in [0.5, 0.6) is 6.01 Å². The molecule has 0 bridgehead atoms. The summed E-state index contributed by atoms with van der Waals surface area (Å²) in [5, 5.41) is 4.17. The number of halogens is 6. The molecule has 1 aromatic carbocycles. The minimum atomic E-state index is -4.70. The Hall–Kier alpha value is -4.02. The summed E-state index contributed by atoms with van der Waals surface area (Å²) >= 11 is 6.09. The second-order valence-electron chi connectivity index (χ2n) is 13.5. The third-order valence-electron chi connectivity index (χ3n) is 10.1. The molecule has 4 aliphatic rings. The maximum atomic E-state index is 14.2. The lowest BCUT2D eigenvalue weighted by molar-refractivity contribution is -0.139. The van der Waals surface area contributed by atoms with Crippen LogP contribution in [-0.2, 0) is 37.0 Å². The molecule has 2 saturated heterocycles. The highest BCUT2D eigenvalue weighted by molar-refractivity contribution is 6.31. The summed E-state index contributed by atoms with van der Waals surface area (Å²) in [5.74, 6) is 0.439. The minimum Gasteiger partial charge on any atom is -0.461 e. The number of rotatable bonds is 6. The molecule has 6 heterocycles. The molecule has 17 heteroatoms. The molecule has 2 N–H and O–H groups in total. The first-order chi connectivity index (χ1) is 24.1. The van der Waals surface area contributed by atoms with Gasteiger partial charge in [0.05, 0.1) is 46.8 Å². The highest BCUT2D eigenvalue weighted by atomic mass is 35.5. The van der Waals surface area contributed by atoms with Crippen molar-refractivity contribution in [3.63, 3.8) is 0 Å². The van der Waals surface area contributed by atoms with Crippen molar-refractivity contribution in [3.05, 3.63) is 69.2 Å². The van der Waals surface area contributed by atoms with Crippen LogP contribution in [-0.4, -0.2) is 81.3 Å². The average Bonchev–Trinajstić information content (AvgIpc) is 3.39. The number of nitrogens with zero attached hydrogens (tertiary/aromatic N) is 7. The van der Waals surface area contributed by atoms with E-state index in [1.54, 1.807) is 14.1 Å². The first-order valence-electron chi connectivity index (χ1n) is 16.7. The summed E-state index contributed by atoms with van der Waals surface area (Å²) in [4.78, 5) is 28.6. The number of anilines is 2. The molecule has 11 nitrogen and oxygen atoms in total. The minimum absolute atomic E-state index is 0.0177. The number of amides is 1. The predicted octanol–water partition coefficient (Wildman–Crippen LogP) is 6.18. The Bertz CT molecular complexity index is 1830. The SMILES string of the molecule is C=C(F)F.Cc1c(C(=O)N(C)C)nn2c1CN(c1nc(OCC34CCCN3CC4)nc3c1COC(c1cc(N)cc(Cl)c1C(F)(F)F)C3)CCC2. The van der Waals surface area contributed by atoms with Gasteiger partial charge in [-0.15, -0.1) is 0 Å². The Morgan fingerprint density at radius 3 is 2.55 bits per heavy atom. The zero-order valence-electron chi connectivity index (χ0n) is 28.6. The van der Waals surface area contributed by atoms with Crippen LogP contribution in [0, 0.1) is 6.92 Å². The Morgan fingerprint density at radius 2 is 1.90 bits per heavy atom. The summed E-state index contributed by atoms with van der Waals surface area (Å²) in [7, 11) is 3.40. The van der Waals surface area contributed by atoms with Gasteiger partial charge in [-0.3, -0.25) is 14.4 Å². The van der Waals surface area contributed by atoms with Crippen LogP contribution in [0.4, 0.5) is 33.5 Å². The summed E-state index contributed by atoms with van der Waals surface area (Å²) in [5.41, 5.74) is 8.32. The van der Waals surface area contributed by atoms with Gasteiger partial charge >= 0.3 is 12.2 Å². The molecular formula is C34H40ClF5N8O3. The second-order valence-corrected chi connectivity index (χ2v) is 13.9. The number of carbonyl (C=O) groups excluding carboxylic acids is 1. The maximum Gasteiger partial charge on any atom is 0.418 e. The number of hydrogen-bond donors (Lipinski definition) is 1. The van der Waals surface area contributed by atoms with Crippen LogP contribution in [0.2, 0.25) is 5.02 Å². The lowest BCUT2D eigenvalue weighted by atomic mass is 9.86. The van der Waals surface area contributed by atoms with E-state index in [1.165, 1.54) is 11.0 Å².